The summed E-state index contributed by atoms with van der Waals surface area (Å²) in [6.45, 7) is 8.23. The Balaban J connectivity index is 1.48. The van der Waals surface area contributed by atoms with Crippen molar-refractivity contribution < 1.29 is 13.9 Å². The SMILES string of the molecule is CO[C@@H](C)COc1cc2nc(-c3nnc4ccc([C@@H](C)N5CC[C@](C)(N)C5)cn34)ccc2cc1F. The summed E-state index contributed by atoms with van der Waals surface area (Å²) in [4.78, 5) is 7.16. The van der Waals surface area contributed by atoms with Crippen molar-refractivity contribution in [2.45, 2.75) is 44.9 Å². The van der Waals surface area contributed by atoms with E-state index in [-0.39, 0.29) is 30.0 Å². The smallest absolute Gasteiger partial charge is 0.187 e. The van der Waals surface area contributed by atoms with E-state index in [2.05, 4.69) is 41.2 Å². The predicted octanol–water partition coefficient (Wildman–Crippen LogP) is 3.98. The first kappa shape index (κ1) is 23.6. The highest BCUT2D eigenvalue weighted by Crippen LogP contribution is 2.30. The molecule has 35 heavy (non-hydrogen) atoms. The number of benzene rings is 1. The van der Waals surface area contributed by atoms with Crippen LogP contribution in [0, 0.1) is 5.82 Å². The number of rotatable bonds is 7. The third kappa shape index (κ3) is 4.71. The van der Waals surface area contributed by atoms with E-state index in [0.29, 0.717) is 22.4 Å². The third-order valence-electron chi connectivity index (χ3n) is 6.84. The van der Waals surface area contributed by atoms with Gasteiger partial charge in [0.25, 0.3) is 0 Å². The fourth-order valence-electron chi connectivity index (χ4n) is 4.53. The lowest BCUT2D eigenvalue weighted by Gasteiger charge is -2.26. The van der Waals surface area contributed by atoms with Gasteiger partial charge < -0.3 is 15.2 Å². The maximum Gasteiger partial charge on any atom is 0.187 e. The quantitative estimate of drug-likeness (QED) is 0.430. The summed E-state index contributed by atoms with van der Waals surface area (Å²) in [5.74, 6) is 0.337. The van der Waals surface area contributed by atoms with Gasteiger partial charge in [0.1, 0.15) is 12.3 Å². The van der Waals surface area contributed by atoms with Crippen LogP contribution in [0.2, 0.25) is 0 Å². The summed E-state index contributed by atoms with van der Waals surface area (Å²) in [6.07, 6.45) is 2.90. The van der Waals surface area contributed by atoms with Crippen LogP contribution in [0.15, 0.2) is 42.6 Å². The fraction of sp³-hybridized carbons (Fsp3) is 0.423. The first-order valence-electron chi connectivity index (χ1n) is 11.9. The van der Waals surface area contributed by atoms with E-state index in [1.807, 2.05) is 29.5 Å². The van der Waals surface area contributed by atoms with Gasteiger partial charge in [-0.15, -0.1) is 10.2 Å². The number of hydrogen-bond acceptors (Lipinski definition) is 7. The molecule has 4 aromatic rings. The Labute approximate surface area is 203 Å². The highest BCUT2D eigenvalue weighted by atomic mass is 19.1. The minimum atomic E-state index is -0.433. The number of methoxy groups -OCH3 is 1. The normalized spacial score (nSPS) is 20.5. The lowest BCUT2D eigenvalue weighted by molar-refractivity contribution is 0.0702. The van der Waals surface area contributed by atoms with Crippen LogP contribution in [0.3, 0.4) is 0 Å². The van der Waals surface area contributed by atoms with E-state index in [1.165, 1.54) is 6.07 Å². The lowest BCUT2D eigenvalue weighted by Crippen LogP contribution is -2.39. The van der Waals surface area contributed by atoms with Gasteiger partial charge in [-0.1, -0.05) is 12.1 Å². The highest BCUT2D eigenvalue weighted by molar-refractivity contribution is 5.82. The molecule has 8 nitrogen and oxygen atoms in total. The number of ether oxygens (including phenoxy) is 2. The first-order chi connectivity index (χ1) is 16.7. The van der Waals surface area contributed by atoms with Crippen molar-refractivity contribution in [1.29, 1.82) is 0 Å². The second-order valence-corrected chi connectivity index (χ2v) is 9.79. The Kier molecular flexibility index (Phi) is 6.16. The molecule has 0 amide bonds. The molecule has 1 fully saturated rings. The topological polar surface area (TPSA) is 90.8 Å². The van der Waals surface area contributed by atoms with Crippen molar-refractivity contribution in [2.24, 2.45) is 5.73 Å². The van der Waals surface area contributed by atoms with Crippen molar-refractivity contribution in [3.63, 3.8) is 0 Å². The van der Waals surface area contributed by atoms with E-state index in [9.17, 15) is 4.39 Å². The van der Waals surface area contributed by atoms with Crippen LogP contribution in [0.1, 0.15) is 38.8 Å². The predicted molar refractivity (Wildman–Crippen MR) is 133 cm³/mol. The van der Waals surface area contributed by atoms with Gasteiger partial charge in [-0.3, -0.25) is 9.30 Å². The van der Waals surface area contributed by atoms with Gasteiger partial charge in [-0.2, -0.15) is 0 Å². The second-order valence-electron chi connectivity index (χ2n) is 9.79. The molecule has 1 saturated heterocycles. The molecule has 184 valence electrons. The van der Waals surface area contributed by atoms with Gasteiger partial charge in [-0.05, 0) is 51.0 Å². The van der Waals surface area contributed by atoms with Crippen LogP contribution in [0.25, 0.3) is 28.1 Å². The average Bonchev–Trinajstić information content (AvgIpc) is 3.44. The summed E-state index contributed by atoms with van der Waals surface area (Å²) in [6, 6.07) is 11.0. The molecule has 9 heteroatoms. The summed E-state index contributed by atoms with van der Waals surface area (Å²) in [5, 5.41) is 9.41. The van der Waals surface area contributed by atoms with Crippen LogP contribution in [0.5, 0.6) is 5.75 Å². The van der Waals surface area contributed by atoms with E-state index >= 15 is 0 Å². The Bertz CT molecular complexity index is 1370. The molecule has 0 unspecified atom stereocenters. The summed E-state index contributed by atoms with van der Waals surface area (Å²) in [7, 11) is 1.59. The van der Waals surface area contributed by atoms with Crippen molar-refractivity contribution in [2.75, 3.05) is 26.8 Å². The molecule has 5 rings (SSSR count). The standard InChI is InChI=1S/C26H31FN6O2/c1-16(34-4)14-35-23-12-22-18(11-20(23)27)5-7-21(29-22)25-31-30-24-8-6-19(13-33(24)25)17(2)32-10-9-26(3,28)15-32/h5-8,11-13,16-17H,9-10,14-15,28H2,1-4H3/t16-,17+,26-/m0/s1. The number of fused-ring (bicyclic) bond motifs is 2. The zero-order valence-corrected chi connectivity index (χ0v) is 20.5. The van der Waals surface area contributed by atoms with Gasteiger partial charge >= 0.3 is 0 Å². The maximum absolute atomic E-state index is 14.5. The van der Waals surface area contributed by atoms with E-state index in [1.54, 1.807) is 13.2 Å². The molecular weight excluding hydrogens is 447 g/mol. The maximum atomic E-state index is 14.5. The van der Waals surface area contributed by atoms with E-state index < -0.39 is 5.82 Å². The van der Waals surface area contributed by atoms with Gasteiger partial charge in [-0.25, -0.2) is 9.37 Å². The summed E-state index contributed by atoms with van der Waals surface area (Å²) >= 11 is 0. The number of nitrogens with zero attached hydrogens (tertiary/aromatic N) is 5. The average molecular weight is 479 g/mol. The molecule has 0 bridgehead atoms. The van der Waals surface area contributed by atoms with Gasteiger partial charge in [0.2, 0.25) is 0 Å². The molecule has 0 saturated carbocycles. The Morgan fingerprint density at radius 2 is 2.00 bits per heavy atom. The van der Waals surface area contributed by atoms with Crippen LogP contribution >= 0.6 is 0 Å². The second kappa shape index (κ2) is 9.14. The van der Waals surface area contributed by atoms with E-state index in [0.717, 1.165) is 30.7 Å². The third-order valence-corrected chi connectivity index (χ3v) is 6.84. The van der Waals surface area contributed by atoms with E-state index in [4.69, 9.17) is 20.2 Å². The number of pyridine rings is 2. The Hall–Kier alpha value is -3.14. The molecule has 3 aromatic heterocycles. The number of hydrogen-bond donors (Lipinski definition) is 1. The van der Waals surface area contributed by atoms with Gasteiger partial charge in [0.15, 0.2) is 23.0 Å². The van der Waals surface area contributed by atoms with Crippen molar-refractivity contribution >= 4 is 16.6 Å². The number of aromatic nitrogens is 4. The molecule has 1 aliphatic rings. The lowest BCUT2D eigenvalue weighted by atomic mass is 10.0. The minimum Gasteiger partial charge on any atom is -0.488 e. The fourth-order valence-corrected chi connectivity index (χ4v) is 4.53. The van der Waals surface area contributed by atoms with Crippen LogP contribution in [-0.4, -0.2) is 62.9 Å². The summed E-state index contributed by atoms with van der Waals surface area (Å²) in [5.41, 5.74) is 9.35. The first-order valence-corrected chi connectivity index (χ1v) is 11.9. The molecule has 1 aromatic carbocycles. The van der Waals surface area contributed by atoms with Gasteiger partial charge in [0.05, 0.1) is 11.6 Å². The van der Waals surface area contributed by atoms with Crippen LogP contribution in [0.4, 0.5) is 4.39 Å². The highest BCUT2D eigenvalue weighted by Gasteiger charge is 2.32. The molecule has 4 heterocycles. The molecule has 3 atom stereocenters. The number of likely N-dealkylation sites (tertiary alicyclic amines) is 1. The molecule has 2 N–H and O–H groups in total. The van der Waals surface area contributed by atoms with Crippen LogP contribution < -0.4 is 10.5 Å². The van der Waals surface area contributed by atoms with Gasteiger partial charge in [0, 0.05) is 49.4 Å². The Morgan fingerprint density at radius 3 is 2.74 bits per heavy atom. The molecule has 1 aliphatic heterocycles. The molecular formula is C26H31FN6O2. The Morgan fingerprint density at radius 1 is 1.17 bits per heavy atom. The largest absolute Gasteiger partial charge is 0.488 e. The molecule has 0 aliphatic carbocycles. The van der Waals surface area contributed by atoms with Crippen molar-refractivity contribution in [3.05, 3.63) is 54.0 Å². The number of nitrogens with two attached hydrogens (primary N) is 1. The monoisotopic (exact) mass is 478 g/mol. The van der Waals surface area contributed by atoms with Crippen LogP contribution in [-0.2, 0) is 4.74 Å². The zero-order chi connectivity index (χ0) is 24.7. The van der Waals surface area contributed by atoms with Crippen molar-refractivity contribution in [1.82, 2.24) is 24.5 Å². The molecule has 0 radical (unpaired) electrons. The number of halogens is 1. The minimum absolute atomic E-state index is 0.144. The van der Waals surface area contributed by atoms with Crippen molar-refractivity contribution in [3.8, 4) is 17.3 Å². The zero-order valence-electron chi connectivity index (χ0n) is 20.5. The molecule has 0 spiro atoms. The summed E-state index contributed by atoms with van der Waals surface area (Å²) < 4.78 is 27.3.